The molecule has 50 heavy (non-hydrogen) atoms. The van der Waals surface area contributed by atoms with Crippen LogP contribution in [0.4, 0.5) is 0 Å². The van der Waals surface area contributed by atoms with Gasteiger partial charge in [-0.1, -0.05) is 175 Å². The number of ether oxygens (including phenoxy) is 2. The summed E-state index contributed by atoms with van der Waals surface area (Å²) in [6.07, 6.45) is 37.6. The van der Waals surface area contributed by atoms with Crippen LogP contribution in [0.2, 0.25) is 0 Å². The van der Waals surface area contributed by atoms with E-state index >= 15 is 0 Å². The quantitative estimate of drug-likeness (QED) is 0.0503. The van der Waals surface area contributed by atoms with Gasteiger partial charge in [-0.2, -0.15) is 0 Å². The molecule has 1 unspecified atom stereocenters. The van der Waals surface area contributed by atoms with Crippen LogP contribution in [0.5, 0.6) is 0 Å². The van der Waals surface area contributed by atoms with Crippen molar-refractivity contribution < 1.29 is 24.2 Å². The zero-order valence-electron chi connectivity index (χ0n) is 34.0. The number of carbonyl (C=O) groups excluding carboxylic acids is 2. The van der Waals surface area contributed by atoms with Gasteiger partial charge in [-0.05, 0) is 58.0 Å². The fourth-order valence-corrected chi connectivity index (χ4v) is 6.91. The largest absolute Gasteiger partial charge is 0.466 e. The Balaban J connectivity index is 3.81. The molecule has 0 radical (unpaired) electrons. The van der Waals surface area contributed by atoms with Crippen molar-refractivity contribution >= 4 is 11.9 Å². The molecule has 0 fully saturated rings. The topological polar surface area (TPSA) is 76.1 Å². The predicted molar refractivity (Wildman–Crippen MR) is 214 cm³/mol. The van der Waals surface area contributed by atoms with E-state index in [1.165, 1.54) is 128 Å². The second-order valence-electron chi connectivity index (χ2n) is 15.2. The molecule has 0 aliphatic heterocycles. The second-order valence-corrected chi connectivity index (χ2v) is 15.2. The molecule has 0 bridgehead atoms. The number of unbranched alkanes of at least 4 members (excludes halogenated alkanes) is 24. The molecular formula is C44H87NO5. The van der Waals surface area contributed by atoms with Crippen LogP contribution in [-0.4, -0.2) is 61.4 Å². The lowest BCUT2D eigenvalue weighted by Crippen LogP contribution is -2.29. The summed E-state index contributed by atoms with van der Waals surface area (Å²) in [7, 11) is 0. The molecule has 1 atom stereocenters. The molecule has 298 valence electrons. The highest BCUT2D eigenvalue weighted by Gasteiger charge is 2.19. The van der Waals surface area contributed by atoms with Crippen molar-refractivity contribution in [3.63, 3.8) is 0 Å². The van der Waals surface area contributed by atoms with Crippen LogP contribution in [0.25, 0.3) is 0 Å². The first-order valence-corrected chi connectivity index (χ1v) is 22.2. The van der Waals surface area contributed by atoms with E-state index in [-0.39, 0.29) is 24.5 Å². The maximum atomic E-state index is 12.8. The van der Waals surface area contributed by atoms with Gasteiger partial charge in [-0.3, -0.25) is 9.59 Å². The molecule has 0 aliphatic carbocycles. The summed E-state index contributed by atoms with van der Waals surface area (Å²) in [5.74, 6) is 0.144. The number of aliphatic hydroxyl groups is 1. The number of carbonyl (C=O) groups is 2. The Bertz CT molecular complexity index is 702. The zero-order valence-corrected chi connectivity index (χ0v) is 34.0. The van der Waals surface area contributed by atoms with Gasteiger partial charge in [0.05, 0.1) is 25.7 Å². The Morgan fingerprint density at radius 2 is 0.840 bits per heavy atom. The van der Waals surface area contributed by atoms with E-state index in [1.54, 1.807) is 0 Å². The van der Waals surface area contributed by atoms with Gasteiger partial charge in [0.25, 0.3) is 0 Å². The van der Waals surface area contributed by atoms with E-state index < -0.39 is 0 Å². The van der Waals surface area contributed by atoms with Gasteiger partial charge in [-0.15, -0.1) is 0 Å². The van der Waals surface area contributed by atoms with Crippen LogP contribution >= 0.6 is 0 Å². The van der Waals surface area contributed by atoms with E-state index in [1.807, 2.05) is 0 Å². The Hall–Kier alpha value is -1.14. The highest BCUT2D eigenvalue weighted by atomic mass is 16.5. The molecular weight excluding hydrogens is 622 g/mol. The molecule has 0 spiro atoms. The van der Waals surface area contributed by atoms with Gasteiger partial charge in [0.2, 0.25) is 0 Å². The normalized spacial score (nSPS) is 12.1. The van der Waals surface area contributed by atoms with Crippen molar-refractivity contribution in [1.29, 1.82) is 0 Å². The fraction of sp³-hybridized carbons (Fsp3) is 0.955. The van der Waals surface area contributed by atoms with Crippen LogP contribution < -0.4 is 0 Å². The van der Waals surface area contributed by atoms with Gasteiger partial charge in [0.15, 0.2) is 0 Å². The number of esters is 2. The van der Waals surface area contributed by atoms with Gasteiger partial charge in [0, 0.05) is 13.0 Å². The van der Waals surface area contributed by atoms with E-state index in [0.717, 1.165) is 90.3 Å². The standard InChI is InChI=1S/C44H87NO5/c1-4-7-10-13-17-24-31-40-49-43(47)35-28-21-19-23-30-37-45(38-39-46)36-29-22-16-15-18-25-32-41-50-44(48)42(33-26-12-9-6-3)34-27-20-14-11-8-5-2/h42,46H,4-41H2,1-3H3. The molecule has 1 N–H and O–H groups in total. The lowest BCUT2D eigenvalue weighted by Gasteiger charge is -2.21. The third-order valence-electron chi connectivity index (χ3n) is 10.3. The molecule has 0 saturated heterocycles. The summed E-state index contributed by atoms with van der Waals surface area (Å²) in [4.78, 5) is 27.2. The van der Waals surface area contributed by atoms with Crippen molar-refractivity contribution in [2.75, 3.05) is 39.5 Å². The summed E-state index contributed by atoms with van der Waals surface area (Å²) in [5, 5.41) is 9.52. The molecule has 0 aromatic rings. The Morgan fingerprint density at radius 1 is 0.460 bits per heavy atom. The number of hydrogen-bond donors (Lipinski definition) is 1. The molecule has 6 nitrogen and oxygen atoms in total. The smallest absolute Gasteiger partial charge is 0.308 e. The molecule has 0 aliphatic rings. The fourth-order valence-electron chi connectivity index (χ4n) is 6.91. The minimum atomic E-state index is -0.0264. The van der Waals surface area contributed by atoms with Crippen LogP contribution in [0.15, 0.2) is 0 Å². The number of aliphatic hydroxyl groups excluding tert-OH is 1. The minimum Gasteiger partial charge on any atom is -0.466 e. The van der Waals surface area contributed by atoms with Crippen LogP contribution in [0.1, 0.15) is 226 Å². The van der Waals surface area contributed by atoms with Crippen molar-refractivity contribution in [2.45, 2.75) is 226 Å². The van der Waals surface area contributed by atoms with Crippen LogP contribution in [0, 0.1) is 5.92 Å². The molecule has 0 heterocycles. The third-order valence-corrected chi connectivity index (χ3v) is 10.3. The Labute approximate surface area is 312 Å². The first kappa shape index (κ1) is 48.9. The summed E-state index contributed by atoms with van der Waals surface area (Å²) >= 11 is 0. The Morgan fingerprint density at radius 3 is 1.32 bits per heavy atom. The maximum Gasteiger partial charge on any atom is 0.308 e. The number of nitrogens with zero attached hydrogens (tertiary/aromatic N) is 1. The van der Waals surface area contributed by atoms with Gasteiger partial charge in [0.1, 0.15) is 0 Å². The third kappa shape index (κ3) is 35.3. The van der Waals surface area contributed by atoms with E-state index in [0.29, 0.717) is 19.6 Å². The van der Waals surface area contributed by atoms with Gasteiger partial charge in [-0.25, -0.2) is 0 Å². The first-order chi connectivity index (χ1) is 24.6. The highest BCUT2D eigenvalue weighted by molar-refractivity contribution is 5.72. The summed E-state index contributed by atoms with van der Waals surface area (Å²) < 4.78 is 11.2. The molecule has 0 aromatic heterocycles. The molecule has 0 saturated carbocycles. The van der Waals surface area contributed by atoms with Crippen LogP contribution in [-0.2, 0) is 19.1 Å². The predicted octanol–water partition coefficient (Wildman–Crippen LogP) is 12.5. The van der Waals surface area contributed by atoms with Crippen LogP contribution in [0.3, 0.4) is 0 Å². The summed E-state index contributed by atoms with van der Waals surface area (Å²) in [6.45, 7) is 11.0. The average Bonchev–Trinajstić information content (AvgIpc) is 3.11. The van der Waals surface area contributed by atoms with Crippen molar-refractivity contribution in [2.24, 2.45) is 5.92 Å². The number of rotatable bonds is 41. The maximum absolute atomic E-state index is 12.8. The van der Waals surface area contributed by atoms with Crippen molar-refractivity contribution in [3.8, 4) is 0 Å². The molecule has 6 heteroatoms. The molecule has 0 rings (SSSR count). The van der Waals surface area contributed by atoms with E-state index in [4.69, 9.17) is 9.47 Å². The van der Waals surface area contributed by atoms with E-state index in [2.05, 4.69) is 25.7 Å². The molecule has 0 amide bonds. The SMILES string of the molecule is CCCCCCCCCOC(=O)CCCCCCCN(CCO)CCCCCCCCCOC(=O)C(CCCCCC)CCCCCCCC. The average molecular weight is 710 g/mol. The minimum absolute atomic E-state index is 0.0264. The van der Waals surface area contributed by atoms with Crippen molar-refractivity contribution in [3.05, 3.63) is 0 Å². The monoisotopic (exact) mass is 710 g/mol. The van der Waals surface area contributed by atoms with Gasteiger partial charge >= 0.3 is 11.9 Å². The summed E-state index contributed by atoms with van der Waals surface area (Å²) in [5.41, 5.74) is 0. The first-order valence-electron chi connectivity index (χ1n) is 22.2. The van der Waals surface area contributed by atoms with E-state index in [9.17, 15) is 14.7 Å². The number of hydrogen-bond acceptors (Lipinski definition) is 6. The highest BCUT2D eigenvalue weighted by Crippen LogP contribution is 2.21. The summed E-state index contributed by atoms with van der Waals surface area (Å²) in [6, 6.07) is 0. The lowest BCUT2D eigenvalue weighted by molar-refractivity contribution is -0.149. The zero-order chi connectivity index (χ0) is 36.6. The van der Waals surface area contributed by atoms with Gasteiger partial charge < -0.3 is 19.5 Å². The lowest BCUT2D eigenvalue weighted by atomic mass is 9.94. The molecule has 0 aromatic carbocycles. The Kier molecular flexibility index (Phi) is 39.7. The van der Waals surface area contributed by atoms with Crippen molar-refractivity contribution in [1.82, 2.24) is 4.90 Å². The second kappa shape index (κ2) is 40.6.